The Balaban J connectivity index is 1.97. The third kappa shape index (κ3) is 3.06. The van der Waals surface area contributed by atoms with Gasteiger partial charge in [0.15, 0.2) is 0 Å². The minimum atomic E-state index is -0.0625. The third-order valence-corrected chi connectivity index (χ3v) is 3.78. The molecule has 0 saturated heterocycles. The highest BCUT2D eigenvalue weighted by Gasteiger charge is 2.25. The van der Waals surface area contributed by atoms with Gasteiger partial charge in [-0.3, -0.25) is 0 Å². The minimum absolute atomic E-state index is 0.0625. The number of hydrogen-bond donors (Lipinski definition) is 1. The Bertz CT molecular complexity index is 375. The normalized spacial score (nSPS) is 24.2. The molecule has 1 N–H and O–H groups in total. The number of benzene rings is 1. The zero-order valence-electron chi connectivity index (χ0n) is 10.8. The van der Waals surface area contributed by atoms with Crippen LogP contribution in [0.5, 0.6) is 0 Å². The Kier molecular flexibility index (Phi) is 4.16. The highest BCUT2D eigenvalue weighted by Crippen LogP contribution is 2.34. The monoisotopic (exact) mass is 235 g/mol. The lowest BCUT2D eigenvalue weighted by atomic mass is 9.96. The Morgan fingerprint density at radius 2 is 2.18 bits per heavy atom. The van der Waals surface area contributed by atoms with Crippen LogP contribution in [-0.2, 0) is 0 Å². The molecule has 0 bridgehead atoms. The molecule has 2 atom stereocenters. The summed E-state index contributed by atoms with van der Waals surface area (Å²) in [6, 6.07) is 6.34. The summed E-state index contributed by atoms with van der Waals surface area (Å²) in [5.74, 6) is 0.479. The van der Waals surface area contributed by atoms with Crippen molar-refractivity contribution in [3.8, 4) is 0 Å². The number of hydrogen-bond acceptors (Lipinski definition) is 1. The van der Waals surface area contributed by atoms with E-state index in [1.165, 1.54) is 24.8 Å². The van der Waals surface area contributed by atoms with Crippen LogP contribution in [-0.4, -0.2) is 12.6 Å². The molecule has 1 fully saturated rings. The van der Waals surface area contributed by atoms with Crippen molar-refractivity contribution in [3.63, 3.8) is 0 Å². The molecule has 2 rings (SSSR count). The molecular weight excluding hydrogens is 213 g/mol. The molecule has 94 valence electrons. The van der Waals surface area contributed by atoms with Crippen LogP contribution in [0.15, 0.2) is 18.2 Å². The first-order valence-corrected chi connectivity index (χ1v) is 6.70. The van der Waals surface area contributed by atoms with Crippen LogP contribution in [0.1, 0.15) is 49.7 Å². The maximum Gasteiger partial charge on any atom is 0.126 e. The SMILES string of the molecule is CCCNC1CCC(c2ccc(C)c(F)c2)C1. The molecule has 2 heteroatoms. The van der Waals surface area contributed by atoms with Crippen LogP contribution in [0.2, 0.25) is 0 Å². The third-order valence-electron chi connectivity index (χ3n) is 3.78. The smallest absolute Gasteiger partial charge is 0.126 e. The van der Waals surface area contributed by atoms with Gasteiger partial charge < -0.3 is 5.32 Å². The Morgan fingerprint density at radius 1 is 1.35 bits per heavy atom. The predicted octanol–water partition coefficient (Wildman–Crippen LogP) is 3.77. The van der Waals surface area contributed by atoms with Crippen molar-refractivity contribution >= 4 is 0 Å². The van der Waals surface area contributed by atoms with Crippen LogP contribution in [0.4, 0.5) is 4.39 Å². The van der Waals surface area contributed by atoms with Gasteiger partial charge >= 0.3 is 0 Å². The van der Waals surface area contributed by atoms with E-state index in [1.54, 1.807) is 6.07 Å². The van der Waals surface area contributed by atoms with Gasteiger partial charge in [0.1, 0.15) is 5.82 Å². The summed E-state index contributed by atoms with van der Waals surface area (Å²) in [7, 11) is 0. The van der Waals surface area contributed by atoms with Crippen LogP contribution < -0.4 is 5.32 Å². The molecule has 1 aliphatic carbocycles. The van der Waals surface area contributed by atoms with Crippen molar-refractivity contribution in [2.45, 2.75) is 51.5 Å². The molecule has 0 aliphatic heterocycles. The molecule has 0 heterocycles. The highest BCUT2D eigenvalue weighted by atomic mass is 19.1. The van der Waals surface area contributed by atoms with Crippen molar-refractivity contribution < 1.29 is 4.39 Å². The fourth-order valence-electron chi connectivity index (χ4n) is 2.68. The molecule has 17 heavy (non-hydrogen) atoms. The molecule has 0 radical (unpaired) electrons. The number of nitrogens with one attached hydrogen (secondary N) is 1. The number of aryl methyl sites for hydroxylation is 1. The van der Waals surface area contributed by atoms with Crippen molar-refractivity contribution in [1.29, 1.82) is 0 Å². The Morgan fingerprint density at radius 3 is 2.88 bits per heavy atom. The molecule has 1 nitrogen and oxygen atoms in total. The van der Waals surface area contributed by atoms with Crippen LogP contribution >= 0.6 is 0 Å². The standard InChI is InChI=1S/C15H22FN/c1-3-8-17-14-7-6-12(9-14)13-5-4-11(2)15(16)10-13/h4-5,10,12,14,17H,3,6-9H2,1-2H3. The van der Waals surface area contributed by atoms with E-state index in [1.807, 2.05) is 13.0 Å². The second-order valence-corrected chi connectivity index (χ2v) is 5.17. The second kappa shape index (κ2) is 5.63. The Labute approximate surface area is 103 Å². The van der Waals surface area contributed by atoms with E-state index in [9.17, 15) is 4.39 Å². The van der Waals surface area contributed by atoms with Crippen molar-refractivity contribution in [2.24, 2.45) is 0 Å². The molecular formula is C15H22FN. The summed E-state index contributed by atoms with van der Waals surface area (Å²) in [5.41, 5.74) is 1.92. The molecule has 0 spiro atoms. The van der Waals surface area contributed by atoms with E-state index in [0.717, 1.165) is 18.5 Å². The summed E-state index contributed by atoms with van der Waals surface area (Å²) in [6.45, 7) is 5.10. The van der Waals surface area contributed by atoms with Gasteiger partial charge in [-0.05, 0) is 62.3 Å². The van der Waals surface area contributed by atoms with Gasteiger partial charge in [0.2, 0.25) is 0 Å². The average Bonchev–Trinajstić information content (AvgIpc) is 2.79. The fraction of sp³-hybridized carbons (Fsp3) is 0.600. The molecule has 1 aromatic rings. The predicted molar refractivity (Wildman–Crippen MR) is 69.8 cm³/mol. The van der Waals surface area contributed by atoms with Gasteiger partial charge in [0.05, 0.1) is 0 Å². The number of rotatable bonds is 4. The first-order chi connectivity index (χ1) is 8.20. The van der Waals surface area contributed by atoms with Gasteiger partial charge in [0, 0.05) is 6.04 Å². The van der Waals surface area contributed by atoms with Crippen molar-refractivity contribution in [2.75, 3.05) is 6.54 Å². The largest absolute Gasteiger partial charge is 0.314 e. The first kappa shape index (κ1) is 12.6. The summed E-state index contributed by atoms with van der Waals surface area (Å²) >= 11 is 0. The van der Waals surface area contributed by atoms with Crippen molar-refractivity contribution in [1.82, 2.24) is 5.32 Å². The highest BCUT2D eigenvalue weighted by molar-refractivity contribution is 5.27. The van der Waals surface area contributed by atoms with Gasteiger partial charge in [-0.2, -0.15) is 0 Å². The Hall–Kier alpha value is -0.890. The molecule has 0 amide bonds. The van der Waals surface area contributed by atoms with E-state index >= 15 is 0 Å². The maximum atomic E-state index is 13.5. The van der Waals surface area contributed by atoms with E-state index in [2.05, 4.69) is 18.3 Å². The summed E-state index contributed by atoms with van der Waals surface area (Å²) in [6.07, 6.45) is 4.74. The van der Waals surface area contributed by atoms with E-state index in [0.29, 0.717) is 12.0 Å². The molecule has 1 aliphatic rings. The van der Waals surface area contributed by atoms with Crippen LogP contribution in [0.3, 0.4) is 0 Å². The molecule has 0 aromatic heterocycles. The summed E-state index contributed by atoms with van der Waals surface area (Å²) in [5, 5.41) is 3.56. The van der Waals surface area contributed by atoms with Gasteiger partial charge in [-0.25, -0.2) is 4.39 Å². The lowest BCUT2D eigenvalue weighted by Gasteiger charge is -2.13. The summed E-state index contributed by atoms with van der Waals surface area (Å²) in [4.78, 5) is 0. The van der Waals surface area contributed by atoms with Crippen molar-refractivity contribution in [3.05, 3.63) is 35.1 Å². The topological polar surface area (TPSA) is 12.0 Å². The second-order valence-electron chi connectivity index (χ2n) is 5.17. The fourth-order valence-corrected chi connectivity index (χ4v) is 2.68. The van der Waals surface area contributed by atoms with E-state index in [-0.39, 0.29) is 5.82 Å². The maximum absolute atomic E-state index is 13.5. The van der Waals surface area contributed by atoms with Gasteiger partial charge in [-0.15, -0.1) is 0 Å². The zero-order valence-corrected chi connectivity index (χ0v) is 10.8. The quantitative estimate of drug-likeness (QED) is 0.837. The minimum Gasteiger partial charge on any atom is -0.314 e. The lowest BCUT2D eigenvalue weighted by Crippen LogP contribution is -2.26. The number of halogens is 1. The van der Waals surface area contributed by atoms with Gasteiger partial charge in [0.25, 0.3) is 0 Å². The molecule has 2 unspecified atom stereocenters. The van der Waals surface area contributed by atoms with Gasteiger partial charge in [-0.1, -0.05) is 19.1 Å². The van der Waals surface area contributed by atoms with Crippen LogP contribution in [0.25, 0.3) is 0 Å². The van der Waals surface area contributed by atoms with E-state index < -0.39 is 0 Å². The van der Waals surface area contributed by atoms with E-state index in [4.69, 9.17) is 0 Å². The molecule has 1 saturated carbocycles. The zero-order chi connectivity index (χ0) is 12.3. The summed E-state index contributed by atoms with van der Waals surface area (Å²) < 4.78 is 13.5. The van der Waals surface area contributed by atoms with Crippen LogP contribution in [0, 0.1) is 12.7 Å². The first-order valence-electron chi connectivity index (χ1n) is 6.70. The molecule has 1 aromatic carbocycles. The lowest BCUT2D eigenvalue weighted by molar-refractivity contribution is 0.516. The average molecular weight is 235 g/mol.